The minimum absolute atomic E-state index is 0.124. The number of aromatic nitrogens is 2. The van der Waals surface area contributed by atoms with Gasteiger partial charge in [0.2, 0.25) is 0 Å². The Hall–Kier alpha value is -2.50. The van der Waals surface area contributed by atoms with Crippen LogP contribution in [-0.2, 0) is 13.5 Å². The topological polar surface area (TPSA) is 65.4 Å². The minimum atomic E-state index is -0.124. The predicted octanol–water partition coefficient (Wildman–Crippen LogP) is 2.19. The zero-order valence-electron chi connectivity index (χ0n) is 13.8. The third-order valence-electron chi connectivity index (χ3n) is 3.36. The van der Waals surface area contributed by atoms with Crippen LogP contribution in [0.3, 0.4) is 0 Å². The maximum Gasteiger partial charge on any atom is 0.269 e. The van der Waals surface area contributed by atoms with Gasteiger partial charge in [0, 0.05) is 19.8 Å². The average molecular weight is 317 g/mol. The summed E-state index contributed by atoms with van der Waals surface area (Å²) in [5.41, 5.74) is 1.63. The summed E-state index contributed by atoms with van der Waals surface area (Å²) in [5.74, 6) is 1.36. The molecule has 0 atom stereocenters. The molecule has 0 radical (unpaired) electrons. The van der Waals surface area contributed by atoms with E-state index in [-0.39, 0.29) is 5.91 Å². The normalized spacial score (nSPS) is 10.4. The fourth-order valence-corrected chi connectivity index (χ4v) is 2.26. The molecule has 6 nitrogen and oxygen atoms in total. The Labute approximate surface area is 136 Å². The molecule has 2 aromatic rings. The van der Waals surface area contributed by atoms with E-state index >= 15 is 0 Å². The number of benzene rings is 1. The van der Waals surface area contributed by atoms with Crippen molar-refractivity contribution < 1.29 is 14.3 Å². The van der Waals surface area contributed by atoms with Crippen LogP contribution in [0.15, 0.2) is 30.5 Å². The number of hydrogen-bond acceptors (Lipinski definition) is 4. The number of nitrogens with zero attached hydrogens (tertiary/aromatic N) is 2. The van der Waals surface area contributed by atoms with Crippen molar-refractivity contribution in [1.29, 1.82) is 0 Å². The molecule has 0 saturated carbocycles. The summed E-state index contributed by atoms with van der Waals surface area (Å²) >= 11 is 0. The van der Waals surface area contributed by atoms with E-state index in [4.69, 9.17) is 9.47 Å². The van der Waals surface area contributed by atoms with Crippen molar-refractivity contribution in [3.05, 3.63) is 41.7 Å². The standard InChI is InChI=1S/C17H23N3O3/c1-4-22-15-7-6-13(12-16(15)23-5-2)8-10-18-17(21)14-9-11-19-20(14)3/h6-7,9,11-12H,4-5,8,10H2,1-3H3,(H,18,21). The molecule has 0 unspecified atom stereocenters. The monoisotopic (exact) mass is 317 g/mol. The summed E-state index contributed by atoms with van der Waals surface area (Å²) < 4.78 is 12.7. The molecule has 23 heavy (non-hydrogen) atoms. The number of ether oxygens (including phenoxy) is 2. The lowest BCUT2D eigenvalue weighted by Gasteiger charge is -2.12. The third-order valence-corrected chi connectivity index (χ3v) is 3.36. The molecule has 0 saturated heterocycles. The van der Waals surface area contributed by atoms with Crippen LogP contribution in [-0.4, -0.2) is 35.4 Å². The van der Waals surface area contributed by atoms with Gasteiger partial charge in [-0.2, -0.15) is 5.10 Å². The van der Waals surface area contributed by atoms with Crippen molar-refractivity contribution in [2.75, 3.05) is 19.8 Å². The SMILES string of the molecule is CCOc1ccc(CCNC(=O)c2ccnn2C)cc1OCC. The summed E-state index contributed by atoms with van der Waals surface area (Å²) in [6, 6.07) is 7.56. The first kappa shape index (κ1) is 16.9. The Bertz CT molecular complexity index is 652. The molecule has 1 amide bonds. The molecule has 1 aromatic heterocycles. The highest BCUT2D eigenvalue weighted by atomic mass is 16.5. The Morgan fingerprint density at radius 3 is 2.57 bits per heavy atom. The minimum Gasteiger partial charge on any atom is -0.490 e. The maximum absolute atomic E-state index is 12.0. The van der Waals surface area contributed by atoms with Crippen molar-refractivity contribution in [1.82, 2.24) is 15.1 Å². The molecule has 0 aliphatic carbocycles. The molecule has 0 fully saturated rings. The van der Waals surface area contributed by atoms with Crippen LogP contribution in [0.5, 0.6) is 11.5 Å². The highest BCUT2D eigenvalue weighted by Crippen LogP contribution is 2.28. The lowest BCUT2D eigenvalue weighted by molar-refractivity contribution is 0.0944. The second kappa shape index (κ2) is 8.22. The molecular formula is C17H23N3O3. The predicted molar refractivity (Wildman–Crippen MR) is 88.0 cm³/mol. The Morgan fingerprint density at radius 2 is 1.91 bits per heavy atom. The van der Waals surface area contributed by atoms with Gasteiger partial charge in [-0.05, 0) is 44.0 Å². The van der Waals surface area contributed by atoms with Gasteiger partial charge in [-0.25, -0.2) is 0 Å². The van der Waals surface area contributed by atoms with Crippen LogP contribution in [0.25, 0.3) is 0 Å². The van der Waals surface area contributed by atoms with Crippen molar-refractivity contribution >= 4 is 5.91 Å². The van der Waals surface area contributed by atoms with Gasteiger partial charge < -0.3 is 14.8 Å². The lowest BCUT2D eigenvalue weighted by Crippen LogP contribution is -2.27. The number of nitrogens with one attached hydrogen (secondary N) is 1. The van der Waals surface area contributed by atoms with E-state index < -0.39 is 0 Å². The Balaban J connectivity index is 1.94. The number of carbonyl (C=O) groups excluding carboxylic acids is 1. The summed E-state index contributed by atoms with van der Waals surface area (Å²) in [6.07, 6.45) is 2.33. The highest BCUT2D eigenvalue weighted by molar-refractivity contribution is 5.92. The van der Waals surface area contributed by atoms with E-state index in [0.717, 1.165) is 23.5 Å². The number of aryl methyl sites for hydroxylation is 1. The number of hydrogen-bond donors (Lipinski definition) is 1. The molecule has 2 rings (SSSR count). The molecule has 0 aliphatic rings. The Morgan fingerprint density at radius 1 is 1.17 bits per heavy atom. The summed E-state index contributed by atoms with van der Waals surface area (Å²) in [6.45, 7) is 5.61. The summed E-state index contributed by atoms with van der Waals surface area (Å²) in [5, 5.41) is 6.88. The molecular weight excluding hydrogens is 294 g/mol. The number of carbonyl (C=O) groups is 1. The number of amides is 1. The lowest BCUT2D eigenvalue weighted by atomic mass is 10.1. The van der Waals surface area contributed by atoms with Gasteiger partial charge in [-0.15, -0.1) is 0 Å². The van der Waals surface area contributed by atoms with Crippen LogP contribution < -0.4 is 14.8 Å². The second-order valence-corrected chi connectivity index (χ2v) is 4.99. The molecule has 0 spiro atoms. The van der Waals surface area contributed by atoms with Gasteiger partial charge in [-0.3, -0.25) is 9.48 Å². The van der Waals surface area contributed by atoms with Crippen LogP contribution in [0.4, 0.5) is 0 Å². The molecule has 1 heterocycles. The van der Waals surface area contributed by atoms with E-state index in [1.807, 2.05) is 32.0 Å². The number of rotatable bonds is 8. The van der Waals surface area contributed by atoms with E-state index in [9.17, 15) is 4.79 Å². The average Bonchev–Trinajstić information content (AvgIpc) is 2.96. The molecule has 1 N–H and O–H groups in total. The fourth-order valence-electron chi connectivity index (χ4n) is 2.26. The fraction of sp³-hybridized carbons (Fsp3) is 0.412. The van der Waals surface area contributed by atoms with Crippen molar-refractivity contribution in [3.8, 4) is 11.5 Å². The second-order valence-electron chi connectivity index (χ2n) is 4.99. The van der Waals surface area contributed by atoms with Crippen LogP contribution >= 0.6 is 0 Å². The van der Waals surface area contributed by atoms with E-state index in [1.165, 1.54) is 0 Å². The van der Waals surface area contributed by atoms with E-state index in [2.05, 4.69) is 10.4 Å². The highest BCUT2D eigenvalue weighted by Gasteiger charge is 2.10. The zero-order valence-corrected chi connectivity index (χ0v) is 13.8. The zero-order chi connectivity index (χ0) is 16.7. The summed E-state index contributed by atoms with van der Waals surface area (Å²) in [4.78, 5) is 12.0. The first-order valence-electron chi connectivity index (χ1n) is 7.80. The van der Waals surface area contributed by atoms with E-state index in [0.29, 0.717) is 25.5 Å². The van der Waals surface area contributed by atoms with Gasteiger partial charge in [0.1, 0.15) is 5.69 Å². The molecule has 6 heteroatoms. The van der Waals surface area contributed by atoms with Crippen molar-refractivity contribution in [3.63, 3.8) is 0 Å². The van der Waals surface area contributed by atoms with Gasteiger partial charge >= 0.3 is 0 Å². The van der Waals surface area contributed by atoms with Crippen LogP contribution in [0.1, 0.15) is 29.9 Å². The Kier molecular flexibility index (Phi) is 6.02. The molecule has 124 valence electrons. The molecule has 0 aliphatic heterocycles. The first-order valence-corrected chi connectivity index (χ1v) is 7.80. The largest absolute Gasteiger partial charge is 0.490 e. The van der Waals surface area contributed by atoms with Gasteiger partial charge in [0.05, 0.1) is 13.2 Å². The van der Waals surface area contributed by atoms with Gasteiger partial charge in [-0.1, -0.05) is 6.07 Å². The quantitative estimate of drug-likeness (QED) is 0.810. The van der Waals surface area contributed by atoms with Crippen LogP contribution in [0, 0.1) is 0 Å². The van der Waals surface area contributed by atoms with Gasteiger partial charge in [0.25, 0.3) is 5.91 Å². The van der Waals surface area contributed by atoms with E-state index in [1.54, 1.807) is 24.0 Å². The summed E-state index contributed by atoms with van der Waals surface area (Å²) in [7, 11) is 1.75. The van der Waals surface area contributed by atoms with Gasteiger partial charge in [0.15, 0.2) is 11.5 Å². The van der Waals surface area contributed by atoms with Crippen molar-refractivity contribution in [2.45, 2.75) is 20.3 Å². The smallest absolute Gasteiger partial charge is 0.269 e. The van der Waals surface area contributed by atoms with Crippen molar-refractivity contribution in [2.24, 2.45) is 7.05 Å². The molecule has 0 bridgehead atoms. The van der Waals surface area contributed by atoms with Crippen LogP contribution in [0.2, 0.25) is 0 Å². The first-order chi connectivity index (χ1) is 11.2. The maximum atomic E-state index is 12.0. The third kappa shape index (κ3) is 4.48. The molecule has 1 aromatic carbocycles.